The van der Waals surface area contributed by atoms with Gasteiger partial charge in [0, 0.05) is 37.4 Å². The molecule has 3 heterocycles. The fourth-order valence-electron chi connectivity index (χ4n) is 4.29. The Balaban J connectivity index is 1.48. The highest BCUT2D eigenvalue weighted by atomic mass is 16.5. The Hall–Kier alpha value is -3.07. The SMILES string of the molecule is [C-]#[N+]C(C)(C)CCC1COc2ccccc2C1Nc1ncnc2[nH]c(C3CC3)cc12. The highest BCUT2D eigenvalue weighted by Gasteiger charge is 2.34. The van der Waals surface area contributed by atoms with Gasteiger partial charge in [-0.05, 0) is 37.3 Å². The lowest BCUT2D eigenvalue weighted by Crippen LogP contribution is -2.32. The van der Waals surface area contributed by atoms with Gasteiger partial charge < -0.3 is 19.9 Å². The minimum Gasteiger partial charge on any atom is -0.493 e. The Kier molecular flexibility index (Phi) is 4.62. The summed E-state index contributed by atoms with van der Waals surface area (Å²) in [5.41, 5.74) is 2.94. The van der Waals surface area contributed by atoms with Gasteiger partial charge in [0.05, 0.1) is 18.0 Å². The largest absolute Gasteiger partial charge is 0.493 e. The van der Waals surface area contributed by atoms with Gasteiger partial charge in [-0.25, -0.2) is 16.5 Å². The van der Waals surface area contributed by atoms with E-state index in [1.165, 1.54) is 18.5 Å². The zero-order valence-electron chi connectivity index (χ0n) is 17.5. The van der Waals surface area contributed by atoms with Crippen molar-refractivity contribution >= 4 is 16.9 Å². The summed E-state index contributed by atoms with van der Waals surface area (Å²) in [7, 11) is 0. The van der Waals surface area contributed by atoms with Gasteiger partial charge in [-0.2, -0.15) is 0 Å². The average molecular weight is 402 g/mol. The summed E-state index contributed by atoms with van der Waals surface area (Å²) in [5.74, 6) is 2.68. The van der Waals surface area contributed by atoms with Crippen LogP contribution in [0.1, 0.15) is 62.7 Å². The third-order valence-corrected chi connectivity index (χ3v) is 6.36. The normalized spacial score (nSPS) is 21.0. The van der Waals surface area contributed by atoms with Crippen molar-refractivity contribution in [2.75, 3.05) is 11.9 Å². The van der Waals surface area contributed by atoms with Gasteiger partial charge in [-0.15, -0.1) is 0 Å². The molecule has 2 atom stereocenters. The van der Waals surface area contributed by atoms with E-state index in [4.69, 9.17) is 11.3 Å². The first-order valence-electron chi connectivity index (χ1n) is 10.7. The number of benzene rings is 1. The number of rotatable bonds is 6. The van der Waals surface area contributed by atoms with E-state index >= 15 is 0 Å². The highest BCUT2D eigenvalue weighted by Crippen LogP contribution is 2.43. The zero-order chi connectivity index (χ0) is 20.7. The Labute approximate surface area is 176 Å². The predicted molar refractivity (Wildman–Crippen MR) is 118 cm³/mol. The lowest BCUT2D eigenvalue weighted by atomic mass is 9.84. The smallest absolute Gasteiger partial charge is 0.227 e. The Morgan fingerprint density at radius 1 is 1.27 bits per heavy atom. The number of hydrogen-bond donors (Lipinski definition) is 2. The summed E-state index contributed by atoms with van der Waals surface area (Å²) in [6.45, 7) is 12.1. The lowest BCUT2D eigenvalue weighted by molar-refractivity contribution is 0.187. The van der Waals surface area contributed by atoms with Crippen LogP contribution in [-0.4, -0.2) is 27.1 Å². The molecule has 0 bridgehead atoms. The monoisotopic (exact) mass is 401 g/mol. The molecule has 6 heteroatoms. The van der Waals surface area contributed by atoms with Crippen LogP contribution in [0.2, 0.25) is 0 Å². The number of anilines is 1. The molecule has 5 rings (SSSR count). The number of hydrogen-bond acceptors (Lipinski definition) is 4. The number of aromatic amines is 1. The molecule has 30 heavy (non-hydrogen) atoms. The number of H-pyrrole nitrogens is 1. The van der Waals surface area contributed by atoms with Crippen LogP contribution in [0.15, 0.2) is 36.7 Å². The number of para-hydroxylation sites is 1. The van der Waals surface area contributed by atoms with Crippen LogP contribution >= 0.6 is 0 Å². The number of ether oxygens (including phenoxy) is 1. The van der Waals surface area contributed by atoms with E-state index in [9.17, 15) is 0 Å². The van der Waals surface area contributed by atoms with E-state index in [2.05, 4.69) is 43.3 Å². The van der Waals surface area contributed by atoms with Crippen molar-refractivity contribution in [2.45, 2.75) is 57.0 Å². The van der Waals surface area contributed by atoms with Crippen molar-refractivity contribution in [2.24, 2.45) is 5.92 Å². The third kappa shape index (κ3) is 3.60. The van der Waals surface area contributed by atoms with Gasteiger partial charge in [0.1, 0.15) is 23.5 Å². The van der Waals surface area contributed by atoms with Gasteiger partial charge in [0.15, 0.2) is 0 Å². The van der Waals surface area contributed by atoms with Crippen LogP contribution in [0, 0.1) is 12.5 Å². The molecule has 1 aliphatic carbocycles. The van der Waals surface area contributed by atoms with Crippen LogP contribution < -0.4 is 10.1 Å². The summed E-state index contributed by atoms with van der Waals surface area (Å²) in [4.78, 5) is 16.3. The molecule has 2 N–H and O–H groups in total. The fourth-order valence-corrected chi connectivity index (χ4v) is 4.29. The second-order valence-electron chi connectivity index (χ2n) is 9.18. The third-order valence-electron chi connectivity index (χ3n) is 6.36. The second kappa shape index (κ2) is 7.32. The van der Waals surface area contributed by atoms with Gasteiger partial charge in [0.25, 0.3) is 0 Å². The topological polar surface area (TPSA) is 67.2 Å². The molecule has 2 unspecified atom stereocenters. The molecule has 0 spiro atoms. The molecule has 0 radical (unpaired) electrons. The minimum atomic E-state index is -0.358. The van der Waals surface area contributed by atoms with E-state index in [0.29, 0.717) is 12.5 Å². The van der Waals surface area contributed by atoms with E-state index in [1.54, 1.807) is 6.33 Å². The number of aromatic nitrogens is 3. The summed E-state index contributed by atoms with van der Waals surface area (Å²) in [5, 5.41) is 4.77. The van der Waals surface area contributed by atoms with Crippen LogP contribution in [0.5, 0.6) is 5.75 Å². The first kappa shape index (κ1) is 18.9. The predicted octanol–water partition coefficient (Wildman–Crippen LogP) is 5.48. The molecule has 1 fully saturated rings. The first-order chi connectivity index (χ1) is 14.5. The molecule has 2 aliphatic rings. The second-order valence-corrected chi connectivity index (χ2v) is 9.18. The van der Waals surface area contributed by atoms with Crippen LogP contribution in [-0.2, 0) is 0 Å². The summed E-state index contributed by atoms with van der Waals surface area (Å²) in [6.07, 6.45) is 5.86. The average Bonchev–Trinajstić information content (AvgIpc) is 3.52. The van der Waals surface area contributed by atoms with Crippen molar-refractivity contribution in [3.63, 3.8) is 0 Å². The Morgan fingerprint density at radius 2 is 2.10 bits per heavy atom. The van der Waals surface area contributed by atoms with Gasteiger partial charge in [0.2, 0.25) is 5.54 Å². The van der Waals surface area contributed by atoms with Crippen molar-refractivity contribution in [3.8, 4) is 5.75 Å². The molecule has 154 valence electrons. The molecule has 1 aliphatic heterocycles. The summed E-state index contributed by atoms with van der Waals surface area (Å²) >= 11 is 0. The van der Waals surface area contributed by atoms with E-state index in [0.717, 1.165) is 41.0 Å². The molecule has 0 saturated heterocycles. The van der Waals surface area contributed by atoms with Crippen LogP contribution in [0.25, 0.3) is 15.9 Å². The quantitative estimate of drug-likeness (QED) is 0.537. The minimum absolute atomic E-state index is 0.0776. The fraction of sp³-hybridized carbons (Fsp3) is 0.458. The van der Waals surface area contributed by atoms with Crippen LogP contribution in [0.3, 0.4) is 0 Å². The molecular formula is C24H27N5O. The molecule has 0 amide bonds. The highest BCUT2D eigenvalue weighted by molar-refractivity contribution is 5.88. The molecule has 3 aromatic rings. The molecule has 1 saturated carbocycles. The maximum atomic E-state index is 7.46. The maximum Gasteiger partial charge on any atom is 0.227 e. The maximum absolute atomic E-state index is 7.46. The van der Waals surface area contributed by atoms with Crippen molar-refractivity contribution in [1.82, 2.24) is 15.0 Å². The summed E-state index contributed by atoms with van der Waals surface area (Å²) < 4.78 is 6.08. The van der Waals surface area contributed by atoms with E-state index in [1.807, 2.05) is 26.0 Å². The standard InChI is InChI=1S/C24H27N5O/c1-24(2,25-3)11-10-16-13-30-20-7-5-4-6-17(20)21(16)29-23-18-12-19(15-8-9-15)28-22(18)26-14-27-23/h4-7,12,14-16,21H,8-11,13H2,1-2H3,(H2,26,27,28,29). The molecule has 6 nitrogen and oxygen atoms in total. The van der Waals surface area contributed by atoms with Crippen LogP contribution in [0.4, 0.5) is 5.82 Å². The number of nitrogens with zero attached hydrogens (tertiary/aromatic N) is 3. The first-order valence-corrected chi connectivity index (χ1v) is 10.7. The van der Waals surface area contributed by atoms with Gasteiger partial charge in [-0.3, -0.25) is 0 Å². The van der Waals surface area contributed by atoms with E-state index in [-0.39, 0.29) is 17.5 Å². The molecular weight excluding hydrogens is 374 g/mol. The zero-order valence-corrected chi connectivity index (χ0v) is 17.5. The Bertz CT molecular complexity index is 1110. The van der Waals surface area contributed by atoms with Gasteiger partial charge >= 0.3 is 0 Å². The Morgan fingerprint density at radius 3 is 2.90 bits per heavy atom. The lowest BCUT2D eigenvalue weighted by Gasteiger charge is -2.35. The molecule has 2 aromatic heterocycles. The van der Waals surface area contributed by atoms with Crippen molar-refractivity contribution in [1.29, 1.82) is 0 Å². The molecule has 1 aromatic carbocycles. The van der Waals surface area contributed by atoms with Crippen molar-refractivity contribution < 1.29 is 4.74 Å². The number of fused-ring (bicyclic) bond motifs is 2. The van der Waals surface area contributed by atoms with Crippen molar-refractivity contribution in [3.05, 3.63) is 59.3 Å². The van der Waals surface area contributed by atoms with Gasteiger partial charge in [-0.1, -0.05) is 18.2 Å². The van der Waals surface area contributed by atoms with E-state index < -0.39 is 0 Å². The number of nitrogens with one attached hydrogen (secondary N) is 2. The summed E-state index contributed by atoms with van der Waals surface area (Å²) in [6, 6.07) is 10.5.